The van der Waals surface area contributed by atoms with Gasteiger partial charge in [-0.3, -0.25) is 4.90 Å². The van der Waals surface area contributed by atoms with Gasteiger partial charge in [-0.25, -0.2) is 0 Å². The van der Waals surface area contributed by atoms with Crippen LogP contribution < -0.4 is 4.74 Å². The van der Waals surface area contributed by atoms with Gasteiger partial charge in [-0.15, -0.1) is 0 Å². The average Bonchev–Trinajstić information content (AvgIpc) is 2.58. The lowest BCUT2D eigenvalue weighted by Gasteiger charge is -2.21. The summed E-state index contributed by atoms with van der Waals surface area (Å²) >= 11 is 5.59. The van der Waals surface area contributed by atoms with E-state index in [2.05, 4.69) is 38.7 Å². The second-order valence-corrected chi connectivity index (χ2v) is 6.34. The molecule has 1 aromatic carbocycles. The number of ether oxygens (including phenoxy) is 1. The number of hydrogen-bond donors (Lipinski definition) is 0. The molecule has 0 unspecified atom stereocenters. The van der Waals surface area contributed by atoms with Crippen molar-refractivity contribution in [1.82, 2.24) is 4.90 Å². The van der Waals surface area contributed by atoms with Crippen LogP contribution in [-0.4, -0.2) is 36.6 Å². The van der Waals surface area contributed by atoms with Crippen molar-refractivity contribution >= 4 is 27.7 Å². The van der Waals surface area contributed by atoms with Crippen LogP contribution >= 0.6 is 27.7 Å². The molecule has 0 bridgehead atoms. The molecule has 1 saturated heterocycles. The van der Waals surface area contributed by atoms with Crippen molar-refractivity contribution in [2.75, 3.05) is 31.7 Å². The molecule has 4 heteroatoms. The predicted octanol–water partition coefficient (Wildman–Crippen LogP) is 3.40. The number of hydrogen-bond acceptors (Lipinski definition) is 3. The van der Waals surface area contributed by atoms with Gasteiger partial charge in [-0.2, -0.15) is 11.8 Å². The van der Waals surface area contributed by atoms with E-state index < -0.39 is 0 Å². The maximum atomic E-state index is 5.42. The van der Waals surface area contributed by atoms with Crippen molar-refractivity contribution in [3.63, 3.8) is 0 Å². The number of thioether (sulfide) groups is 1. The normalized spacial score (nSPS) is 17.8. The third-order valence-electron chi connectivity index (χ3n) is 2.95. The van der Waals surface area contributed by atoms with Crippen LogP contribution in [0.25, 0.3) is 0 Å². The Morgan fingerprint density at radius 2 is 2.24 bits per heavy atom. The topological polar surface area (TPSA) is 12.5 Å². The molecular formula is C13H18BrNOS. The molecule has 2 rings (SSSR count). The van der Waals surface area contributed by atoms with Crippen LogP contribution in [0.5, 0.6) is 5.75 Å². The summed E-state index contributed by atoms with van der Waals surface area (Å²) in [6.45, 7) is 3.37. The molecule has 1 fully saturated rings. The standard InChI is InChI=1S/C13H18BrNOS/c1-16-13-4-3-12(14)9-11(13)10-15-5-2-7-17-8-6-15/h3-4,9H,2,5-8,10H2,1H3. The first-order valence-electron chi connectivity index (χ1n) is 5.92. The van der Waals surface area contributed by atoms with Crippen molar-refractivity contribution < 1.29 is 4.74 Å². The number of rotatable bonds is 3. The van der Waals surface area contributed by atoms with Gasteiger partial charge in [-0.05, 0) is 36.9 Å². The average molecular weight is 316 g/mol. The van der Waals surface area contributed by atoms with E-state index in [1.54, 1.807) is 7.11 Å². The summed E-state index contributed by atoms with van der Waals surface area (Å²) in [6, 6.07) is 6.23. The quantitative estimate of drug-likeness (QED) is 0.848. The summed E-state index contributed by atoms with van der Waals surface area (Å²) in [4.78, 5) is 2.52. The molecule has 17 heavy (non-hydrogen) atoms. The smallest absolute Gasteiger partial charge is 0.123 e. The molecule has 2 nitrogen and oxygen atoms in total. The second-order valence-electron chi connectivity index (χ2n) is 4.20. The first-order valence-corrected chi connectivity index (χ1v) is 7.87. The van der Waals surface area contributed by atoms with Gasteiger partial charge < -0.3 is 4.74 Å². The van der Waals surface area contributed by atoms with Crippen molar-refractivity contribution in [1.29, 1.82) is 0 Å². The molecule has 0 atom stereocenters. The minimum atomic E-state index is 0.989. The largest absolute Gasteiger partial charge is 0.496 e. The zero-order valence-electron chi connectivity index (χ0n) is 10.1. The number of methoxy groups -OCH3 is 1. The zero-order chi connectivity index (χ0) is 12.1. The number of halogens is 1. The lowest BCUT2D eigenvalue weighted by atomic mass is 10.2. The molecule has 94 valence electrons. The zero-order valence-corrected chi connectivity index (χ0v) is 12.5. The summed E-state index contributed by atoms with van der Waals surface area (Å²) in [5.41, 5.74) is 1.27. The van der Waals surface area contributed by atoms with Crippen molar-refractivity contribution in [3.05, 3.63) is 28.2 Å². The second kappa shape index (κ2) is 6.66. The van der Waals surface area contributed by atoms with Crippen LogP contribution in [0, 0.1) is 0 Å². The van der Waals surface area contributed by atoms with Gasteiger partial charge in [0.25, 0.3) is 0 Å². The maximum absolute atomic E-state index is 5.42. The Morgan fingerprint density at radius 3 is 3.06 bits per heavy atom. The first kappa shape index (κ1) is 13.2. The molecular weight excluding hydrogens is 298 g/mol. The van der Waals surface area contributed by atoms with Crippen molar-refractivity contribution in [3.8, 4) is 5.75 Å². The van der Waals surface area contributed by atoms with E-state index in [1.807, 2.05) is 12.1 Å². The third-order valence-corrected chi connectivity index (χ3v) is 4.49. The van der Waals surface area contributed by atoms with Gasteiger partial charge in [0.15, 0.2) is 0 Å². The lowest BCUT2D eigenvalue weighted by Crippen LogP contribution is -2.25. The van der Waals surface area contributed by atoms with Gasteiger partial charge >= 0.3 is 0 Å². The van der Waals surface area contributed by atoms with Crippen molar-refractivity contribution in [2.24, 2.45) is 0 Å². The van der Waals surface area contributed by atoms with Crippen LogP contribution in [0.1, 0.15) is 12.0 Å². The molecule has 1 aromatic rings. The minimum Gasteiger partial charge on any atom is -0.496 e. The summed E-state index contributed by atoms with van der Waals surface area (Å²) < 4.78 is 6.54. The first-order chi connectivity index (χ1) is 8.29. The van der Waals surface area contributed by atoms with Gasteiger partial charge in [0.1, 0.15) is 5.75 Å². The van der Waals surface area contributed by atoms with E-state index in [9.17, 15) is 0 Å². The van der Waals surface area contributed by atoms with Gasteiger partial charge in [0.05, 0.1) is 7.11 Å². The molecule has 0 amide bonds. The molecule has 0 radical (unpaired) electrons. The molecule has 1 aliphatic heterocycles. The third kappa shape index (κ3) is 3.90. The summed E-state index contributed by atoms with van der Waals surface area (Å²) in [7, 11) is 1.74. The Kier molecular flexibility index (Phi) is 5.19. The minimum absolute atomic E-state index is 0.989. The number of nitrogens with zero attached hydrogens (tertiary/aromatic N) is 1. The lowest BCUT2D eigenvalue weighted by molar-refractivity contribution is 0.281. The van der Waals surface area contributed by atoms with Crippen LogP contribution in [0.2, 0.25) is 0 Å². The molecule has 1 heterocycles. The van der Waals surface area contributed by atoms with Crippen molar-refractivity contribution in [2.45, 2.75) is 13.0 Å². The van der Waals surface area contributed by atoms with Gasteiger partial charge in [-0.1, -0.05) is 15.9 Å². The Hall–Kier alpha value is -0.190. The summed E-state index contributed by atoms with van der Waals surface area (Å²) in [5.74, 6) is 3.53. The maximum Gasteiger partial charge on any atom is 0.123 e. The van der Waals surface area contributed by atoms with Crippen LogP contribution in [-0.2, 0) is 6.54 Å². The highest BCUT2D eigenvalue weighted by molar-refractivity contribution is 9.10. The fraction of sp³-hybridized carbons (Fsp3) is 0.538. The molecule has 0 aliphatic carbocycles. The fourth-order valence-electron chi connectivity index (χ4n) is 2.07. The predicted molar refractivity (Wildman–Crippen MR) is 77.9 cm³/mol. The van der Waals surface area contributed by atoms with E-state index in [-0.39, 0.29) is 0 Å². The monoisotopic (exact) mass is 315 g/mol. The summed E-state index contributed by atoms with van der Waals surface area (Å²) in [6.07, 6.45) is 1.29. The molecule has 0 saturated carbocycles. The summed E-state index contributed by atoms with van der Waals surface area (Å²) in [5, 5.41) is 0. The highest BCUT2D eigenvalue weighted by Crippen LogP contribution is 2.25. The Balaban J connectivity index is 2.07. The fourth-order valence-corrected chi connectivity index (χ4v) is 3.40. The van der Waals surface area contributed by atoms with E-state index in [1.165, 1.54) is 36.6 Å². The number of benzene rings is 1. The van der Waals surface area contributed by atoms with Crippen LogP contribution in [0.3, 0.4) is 0 Å². The van der Waals surface area contributed by atoms with Crippen LogP contribution in [0.15, 0.2) is 22.7 Å². The molecule has 0 aromatic heterocycles. The SMILES string of the molecule is COc1ccc(Br)cc1CN1CCCSCC1. The Labute approximate surface area is 116 Å². The van der Waals surface area contributed by atoms with Gasteiger partial charge in [0, 0.05) is 28.9 Å². The van der Waals surface area contributed by atoms with E-state index in [4.69, 9.17) is 4.74 Å². The molecule has 0 spiro atoms. The Morgan fingerprint density at radius 1 is 1.35 bits per heavy atom. The molecule has 0 N–H and O–H groups in total. The highest BCUT2D eigenvalue weighted by atomic mass is 79.9. The molecule has 1 aliphatic rings. The highest BCUT2D eigenvalue weighted by Gasteiger charge is 2.12. The van der Waals surface area contributed by atoms with E-state index in [0.717, 1.165) is 16.8 Å². The Bertz CT molecular complexity index is 364. The van der Waals surface area contributed by atoms with E-state index >= 15 is 0 Å². The van der Waals surface area contributed by atoms with E-state index in [0.29, 0.717) is 0 Å². The van der Waals surface area contributed by atoms with Crippen LogP contribution in [0.4, 0.5) is 0 Å². The van der Waals surface area contributed by atoms with Gasteiger partial charge in [0.2, 0.25) is 0 Å².